The Labute approximate surface area is 97.4 Å². The van der Waals surface area contributed by atoms with Gasteiger partial charge in [0.2, 0.25) is 5.91 Å². The van der Waals surface area contributed by atoms with E-state index < -0.39 is 5.67 Å². The van der Waals surface area contributed by atoms with Gasteiger partial charge in [-0.25, -0.2) is 4.39 Å². The SMILES string of the molecule is CC[C@H](C)NC(=O)CC1(F)CCN(C)CC1. The van der Waals surface area contributed by atoms with Crippen LogP contribution in [0, 0.1) is 0 Å². The molecular weight excluding hydrogens is 207 g/mol. The van der Waals surface area contributed by atoms with E-state index in [4.69, 9.17) is 0 Å². The van der Waals surface area contributed by atoms with E-state index in [1.54, 1.807) is 0 Å². The normalized spacial score (nSPS) is 22.8. The highest BCUT2D eigenvalue weighted by atomic mass is 19.1. The van der Waals surface area contributed by atoms with E-state index in [2.05, 4.69) is 10.2 Å². The van der Waals surface area contributed by atoms with Crippen molar-refractivity contribution in [1.29, 1.82) is 0 Å². The van der Waals surface area contributed by atoms with Crippen LogP contribution in [0.15, 0.2) is 0 Å². The molecule has 0 saturated carbocycles. The van der Waals surface area contributed by atoms with Gasteiger partial charge in [0.05, 0.1) is 6.42 Å². The zero-order valence-electron chi connectivity index (χ0n) is 10.6. The molecule has 0 aliphatic carbocycles. The third-order valence-corrected chi connectivity index (χ3v) is 3.38. The summed E-state index contributed by atoms with van der Waals surface area (Å²) in [5, 5.41) is 2.82. The van der Waals surface area contributed by atoms with Gasteiger partial charge in [-0.05, 0) is 33.2 Å². The fourth-order valence-corrected chi connectivity index (χ4v) is 1.91. The standard InChI is InChI=1S/C12H23FN2O/c1-4-10(2)14-11(16)9-12(13)5-7-15(3)8-6-12/h10H,4-9H2,1-3H3,(H,14,16)/t10-/m0/s1. The maximum Gasteiger partial charge on any atom is 0.223 e. The molecule has 94 valence electrons. The van der Waals surface area contributed by atoms with Crippen LogP contribution in [0.5, 0.6) is 0 Å². The molecule has 1 atom stereocenters. The van der Waals surface area contributed by atoms with Gasteiger partial charge < -0.3 is 10.2 Å². The molecule has 1 fully saturated rings. The molecule has 0 unspecified atom stereocenters. The zero-order chi connectivity index (χ0) is 12.2. The van der Waals surface area contributed by atoms with E-state index in [0.29, 0.717) is 12.8 Å². The van der Waals surface area contributed by atoms with Gasteiger partial charge in [-0.2, -0.15) is 0 Å². The predicted octanol–water partition coefficient (Wildman–Crippen LogP) is 1.73. The molecule has 0 bridgehead atoms. The van der Waals surface area contributed by atoms with Gasteiger partial charge in [0, 0.05) is 19.1 Å². The van der Waals surface area contributed by atoms with E-state index in [9.17, 15) is 9.18 Å². The number of piperidine rings is 1. The zero-order valence-corrected chi connectivity index (χ0v) is 10.6. The van der Waals surface area contributed by atoms with Crippen LogP contribution in [-0.2, 0) is 4.79 Å². The van der Waals surface area contributed by atoms with E-state index >= 15 is 0 Å². The maximum absolute atomic E-state index is 14.3. The van der Waals surface area contributed by atoms with Crippen LogP contribution < -0.4 is 5.32 Å². The maximum atomic E-state index is 14.3. The van der Waals surface area contributed by atoms with Crippen molar-refractivity contribution in [3.63, 3.8) is 0 Å². The quantitative estimate of drug-likeness (QED) is 0.797. The smallest absolute Gasteiger partial charge is 0.223 e. The number of nitrogens with zero attached hydrogens (tertiary/aromatic N) is 1. The Bertz CT molecular complexity index is 237. The van der Waals surface area contributed by atoms with Gasteiger partial charge in [0.15, 0.2) is 0 Å². The molecule has 1 heterocycles. The minimum atomic E-state index is -1.29. The summed E-state index contributed by atoms with van der Waals surface area (Å²) in [6.07, 6.45) is 1.84. The lowest BCUT2D eigenvalue weighted by Gasteiger charge is -2.34. The Balaban J connectivity index is 2.38. The summed E-state index contributed by atoms with van der Waals surface area (Å²) in [6.45, 7) is 5.43. The highest BCUT2D eigenvalue weighted by Gasteiger charge is 2.35. The topological polar surface area (TPSA) is 32.3 Å². The fraction of sp³-hybridized carbons (Fsp3) is 0.917. The van der Waals surface area contributed by atoms with Crippen LogP contribution in [0.25, 0.3) is 0 Å². The molecule has 1 N–H and O–H groups in total. The lowest BCUT2D eigenvalue weighted by atomic mass is 9.90. The summed E-state index contributed by atoms with van der Waals surface area (Å²) in [4.78, 5) is 13.7. The van der Waals surface area contributed by atoms with Crippen molar-refractivity contribution in [2.75, 3.05) is 20.1 Å². The Morgan fingerprint density at radius 3 is 2.56 bits per heavy atom. The number of rotatable bonds is 4. The number of carbonyl (C=O) groups is 1. The monoisotopic (exact) mass is 230 g/mol. The molecule has 1 amide bonds. The number of carbonyl (C=O) groups excluding carboxylic acids is 1. The van der Waals surface area contributed by atoms with Gasteiger partial charge in [0.1, 0.15) is 5.67 Å². The molecule has 0 aromatic heterocycles. The van der Waals surface area contributed by atoms with Crippen LogP contribution in [0.2, 0.25) is 0 Å². The lowest BCUT2D eigenvalue weighted by molar-refractivity contribution is -0.125. The highest BCUT2D eigenvalue weighted by molar-refractivity contribution is 5.77. The average molecular weight is 230 g/mol. The Morgan fingerprint density at radius 2 is 2.06 bits per heavy atom. The first kappa shape index (κ1) is 13.4. The predicted molar refractivity (Wildman–Crippen MR) is 63.1 cm³/mol. The second-order valence-electron chi connectivity index (χ2n) is 5.01. The lowest BCUT2D eigenvalue weighted by Crippen LogP contribution is -2.44. The van der Waals surface area contributed by atoms with Crippen molar-refractivity contribution >= 4 is 5.91 Å². The van der Waals surface area contributed by atoms with Gasteiger partial charge in [-0.15, -0.1) is 0 Å². The first-order chi connectivity index (χ1) is 7.45. The molecular formula is C12H23FN2O. The Hall–Kier alpha value is -0.640. The van der Waals surface area contributed by atoms with Gasteiger partial charge in [0.25, 0.3) is 0 Å². The Kier molecular flexibility index (Phi) is 4.71. The third-order valence-electron chi connectivity index (χ3n) is 3.38. The second-order valence-corrected chi connectivity index (χ2v) is 5.01. The molecule has 3 nitrogen and oxygen atoms in total. The van der Waals surface area contributed by atoms with Crippen LogP contribution in [-0.4, -0.2) is 42.7 Å². The fourth-order valence-electron chi connectivity index (χ4n) is 1.91. The molecule has 1 aliphatic rings. The summed E-state index contributed by atoms with van der Waals surface area (Å²) in [5.74, 6) is -0.151. The van der Waals surface area contributed by atoms with E-state index in [0.717, 1.165) is 19.5 Å². The summed E-state index contributed by atoms with van der Waals surface area (Å²) in [7, 11) is 1.98. The molecule has 0 spiro atoms. The van der Waals surface area contributed by atoms with Crippen molar-refractivity contribution in [3.05, 3.63) is 0 Å². The van der Waals surface area contributed by atoms with Crippen molar-refractivity contribution in [2.24, 2.45) is 0 Å². The molecule has 0 radical (unpaired) electrons. The minimum Gasteiger partial charge on any atom is -0.354 e. The molecule has 0 aromatic rings. The van der Waals surface area contributed by atoms with Crippen molar-refractivity contribution in [2.45, 2.75) is 51.2 Å². The number of nitrogens with one attached hydrogen (secondary N) is 1. The number of hydrogen-bond donors (Lipinski definition) is 1. The average Bonchev–Trinajstić information content (AvgIpc) is 2.22. The van der Waals surface area contributed by atoms with Gasteiger partial charge in [-0.3, -0.25) is 4.79 Å². The summed E-state index contributed by atoms with van der Waals surface area (Å²) < 4.78 is 14.3. The molecule has 0 aromatic carbocycles. The van der Waals surface area contributed by atoms with E-state index in [1.165, 1.54) is 0 Å². The Morgan fingerprint density at radius 1 is 1.50 bits per heavy atom. The van der Waals surface area contributed by atoms with Crippen LogP contribution in [0.4, 0.5) is 4.39 Å². The van der Waals surface area contributed by atoms with Crippen LogP contribution in [0.1, 0.15) is 39.5 Å². The molecule has 1 saturated heterocycles. The number of amides is 1. The van der Waals surface area contributed by atoms with Gasteiger partial charge in [-0.1, -0.05) is 6.92 Å². The van der Waals surface area contributed by atoms with Crippen molar-refractivity contribution in [3.8, 4) is 0 Å². The number of alkyl halides is 1. The van der Waals surface area contributed by atoms with Crippen molar-refractivity contribution in [1.82, 2.24) is 10.2 Å². The molecule has 1 aliphatic heterocycles. The minimum absolute atomic E-state index is 0.0190. The van der Waals surface area contributed by atoms with Crippen molar-refractivity contribution < 1.29 is 9.18 Å². The molecule has 16 heavy (non-hydrogen) atoms. The van der Waals surface area contributed by atoms with E-state index in [1.807, 2.05) is 20.9 Å². The first-order valence-electron chi connectivity index (χ1n) is 6.12. The number of hydrogen-bond acceptors (Lipinski definition) is 2. The summed E-state index contributed by atoms with van der Waals surface area (Å²) in [6, 6.07) is 0.141. The molecule has 4 heteroatoms. The second kappa shape index (κ2) is 5.62. The largest absolute Gasteiger partial charge is 0.354 e. The van der Waals surface area contributed by atoms with Crippen LogP contribution >= 0.6 is 0 Å². The highest BCUT2D eigenvalue weighted by Crippen LogP contribution is 2.29. The summed E-state index contributed by atoms with van der Waals surface area (Å²) >= 11 is 0. The first-order valence-corrected chi connectivity index (χ1v) is 6.12. The number of halogens is 1. The van der Waals surface area contributed by atoms with E-state index in [-0.39, 0.29) is 18.4 Å². The summed E-state index contributed by atoms with van der Waals surface area (Å²) in [5.41, 5.74) is -1.29. The molecule has 1 rings (SSSR count). The van der Waals surface area contributed by atoms with Crippen LogP contribution in [0.3, 0.4) is 0 Å². The third kappa shape index (κ3) is 4.08. The van der Waals surface area contributed by atoms with Gasteiger partial charge >= 0.3 is 0 Å². The number of likely N-dealkylation sites (tertiary alicyclic amines) is 1.